The largest absolute Gasteiger partial charge is 0.336 e. The number of nitrogens with zero attached hydrogens (tertiary/aromatic N) is 2. The highest BCUT2D eigenvalue weighted by Crippen LogP contribution is 2.29. The summed E-state index contributed by atoms with van der Waals surface area (Å²) in [6.45, 7) is 3.56. The number of rotatable bonds is 5. The molecule has 2 heterocycles. The van der Waals surface area contributed by atoms with Crippen LogP contribution in [0.1, 0.15) is 15.2 Å². The predicted octanol–water partition coefficient (Wildman–Crippen LogP) is 3.92. The highest BCUT2D eigenvalue weighted by Gasteiger charge is 2.23. The van der Waals surface area contributed by atoms with Crippen LogP contribution in [0.4, 0.5) is 4.39 Å². The molecule has 1 aliphatic heterocycles. The first-order valence-corrected chi connectivity index (χ1v) is 12.7. The lowest BCUT2D eigenvalue weighted by molar-refractivity contribution is 0.0629. The Kier molecular flexibility index (Phi) is 6.22. The van der Waals surface area contributed by atoms with Gasteiger partial charge in [0.25, 0.3) is 5.91 Å². The van der Waals surface area contributed by atoms with E-state index >= 15 is 0 Å². The van der Waals surface area contributed by atoms with Gasteiger partial charge in [-0.1, -0.05) is 12.1 Å². The van der Waals surface area contributed by atoms with Gasteiger partial charge in [0.1, 0.15) is 5.82 Å². The van der Waals surface area contributed by atoms with E-state index < -0.39 is 9.84 Å². The van der Waals surface area contributed by atoms with Gasteiger partial charge < -0.3 is 4.90 Å². The van der Waals surface area contributed by atoms with Crippen molar-refractivity contribution >= 4 is 27.1 Å². The number of hydrogen-bond donors (Lipinski definition) is 0. The van der Waals surface area contributed by atoms with E-state index in [9.17, 15) is 17.6 Å². The Hall–Kier alpha value is -2.55. The Morgan fingerprint density at radius 1 is 1.00 bits per heavy atom. The maximum absolute atomic E-state index is 13.5. The second-order valence-electron chi connectivity index (χ2n) is 7.64. The molecule has 0 saturated carbocycles. The summed E-state index contributed by atoms with van der Waals surface area (Å²) in [7, 11) is -3.27. The molecule has 1 fully saturated rings. The highest BCUT2D eigenvalue weighted by molar-refractivity contribution is 7.90. The molecule has 0 bridgehead atoms. The number of amides is 1. The van der Waals surface area contributed by atoms with Gasteiger partial charge in [0.2, 0.25) is 0 Å². The van der Waals surface area contributed by atoms with Crippen molar-refractivity contribution in [2.24, 2.45) is 0 Å². The minimum atomic E-state index is -3.27. The highest BCUT2D eigenvalue weighted by atomic mass is 32.2. The Balaban J connectivity index is 1.33. The molecule has 0 unspecified atom stereocenters. The van der Waals surface area contributed by atoms with Gasteiger partial charge in [-0.2, -0.15) is 0 Å². The van der Waals surface area contributed by atoms with Gasteiger partial charge in [-0.3, -0.25) is 9.69 Å². The molecule has 4 rings (SSSR count). The van der Waals surface area contributed by atoms with Crippen LogP contribution in [-0.4, -0.2) is 56.6 Å². The van der Waals surface area contributed by atoms with Crippen LogP contribution in [0.25, 0.3) is 10.4 Å². The standard InChI is InChI=1S/C23H23FN2O3S2/c1-31(28,29)21-8-5-17(6-9-21)23(27)26-13-11-25(12-14-26)16-20-7-10-22(30-20)18-3-2-4-19(24)15-18/h2-10,15H,11-14,16H2,1H3. The van der Waals surface area contributed by atoms with Crippen molar-refractivity contribution in [1.82, 2.24) is 9.80 Å². The van der Waals surface area contributed by atoms with E-state index in [2.05, 4.69) is 11.0 Å². The first-order chi connectivity index (χ1) is 14.8. The summed E-state index contributed by atoms with van der Waals surface area (Å²) in [5, 5.41) is 0. The number of piperazine rings is 1. The molecule has 0 atom stereocenters. The normalized spacial score (nSPS) is 15.2. The van der Waals surface area contributed by atoms with Crippen LogP contribution in [0.3, 0.4) is 0 Å². The topological polar surface area (TPSA) is 57.7 Å². The summed E-state index contributed by atoms with van der Waals surface area (Å²) in [6.07, 6.45) is 1.15. The molecule has 1 saturated heterocycles. The molecule has 8 heteroatoms. The van der Waals surface area contributed by atoms with Crippen molar-refractivity contribution in [3.05, 3.63) is 76.9 Å². The monoisotopic (exact) mass is 458 g/mol. The fraction of sp³-hybridized carbons (Fsp3) is 0.261. The smallest absolute Gasteiger partial charge is 0.253 e. The fourth-order valence-corrected chi connectivity index (χ4v) is 5.29. The minimum Gasteiger partial charge on any atom is -0.336 e. The van der Waals surface area contributed by atoms with Crippen molar-refractivity contribution in [2.75, 3.05) is 32.4 Å². The first kappa shape index (κ1) is 21.7. The van der Waals surface area contributed by atoms with E-state index in [1.807, 2.05) is 12.1 Å². The summed E-state index contributed by atoms with van der Waals surface area (Å²) in [5.41, 5.74) is 1.38. The van der Waals surface area contributed by atoms with E-state index in [-0.39, 0.29) is 16.6 Å². The molecular weight excluding hydrogens is 435 g/mol. The summed E-state index contributed by atoms with van der Waals surface area (Å²) in [6, 6.07) is 16.8. The van der Waals surface area contributed by atoms with Crippen LogP contribution in [-0.2, 0) is 16.4 Å². The fourth-order valence-electron chi connectivity index (χ4n) is 3.62. The lowest BCUT2D eigenvalue weighted by Crippen LogP contribution is -2.48. The second-order valence-corrected chi connectivity index (χ2v) is 10.8. The number of halogens is 1. The van der Waals surface area contributed by atoms with Crippen LogP contribution < -0.4 is 0 Å². The van der Waals surface area contributed by atoms with Gasteiger partial charge in [0.15, 0.2) is 9.84 Å². The third-order valence-corrected chi connectivity index (χ3v) is 7.59. The Morgan fingerprint density at radius 3 is 2.35 bits per heavy atom. The van der Waals surface area contributed by atoms with Crippen molar-refractivity contribution in [2.45, 2.75) is 11.4 Å². The van der Waals surface area contributed by atoms with Crippen LogP contribution >= 0.6 is 11.3 Å². The van der Waals surface area contributed by atoms with E-state index in [1.165, 1.54) is 23.1 Å². The van der Waals surface area contributed by atoms with Gasteiger partial charge in [0.05, 0.1) is 4.90 Å². The number of carbonyl (C=O) groups is 1. The molecule has 0 aliphatic carbocycles. The maximum Gasteiger partial charge on any atom is 0.253 e. The van der Waals surface area contributed by atoms with Gasteiger partial charge >= 0.3 is 0 Å². The molecular formula is C23H23FN2O3S2. The van der Waals surface area contributed by atoms with Crippen molar-refractivity contribution in [3.63, 3.8) is 0 Å². The molecule has 0 N–H and O–H groups in total. The van der Waals surface area contributed by atoms with E-state index in [1.54, 1.807) is 40.5 Å². The quantitative estimate of drug-likeness (QED) is 0.582. The third-order valence-electron chi connectivity index (χ3n) is 5.34. The van der Waals surface area contributed by atoms with Gasteiger partial charge in [0, 0.05) is 54.3 Å². The molecule has 162 valence electrons. The summed E-state index contributed by atoms with van der Waals surface area (Å²) in [4.78, 5) is 19.3. The molecule has 2 aromatic carbocycles. The Labute approximate surface area is 185 Å². The Morgan fingerprint density at radius 2 is 1.71 bits per heavy atom. The average molecular weight is 459 g/mol. The summed E-state index contributed by atoms with van der Waals surface area (Å²) >= 11 is 1.66. The number of benzene rings is 2. The SMILES string of the molecule is CS(=O)(=O)c1ccc(C(=O)N2CCN(Cc3ccc(-c4cccc(F)c4)s3)CC2)cc1. The van der Waals surface area contributed by atoms with Crippen LogP contribution in [0.5, 0.6) is 0 Å². The lowest BCUT2D eigenvalue weighted by atomic mass is 10.2. The molecule has 0 radical (unpaired) electrons. The molecule has 1 aromatic heterocycles. The minimum absolute atomic E-state index is 0.0794. The zero-order valence-electron chi connectivity index (χ0n) is 17.1. The number of hydrogen-bond acceptors (Lipinski definition) is 5. The van der Waals surface area contributed by atoms with Crippen molar-refractivity contribution < 1.29 is 17.6 Å². The molecule has 5 nitrogen and oxygen atoms in total. The zero-order valence-corrected chi connectivity index (χ0v) is 18.8. The third kappa shape index (κ3) is 5.20. The van der Waals surface area contributed by atoms with Gasteiger partial charge in [-0.25, -0.2) is 12.8 Å². The molecule has 0 spiro atoms. The predicted molar refractivity (Wildman–Crippen MR) is 120 cm³/mol. The van der Waals surface area contributed by atoms with Crippen LogP contribution in [0.15, 0.2) is 65.6 Å². The maximum atomic E-state index is 13.5. The van der Waals surface area contributed by atoms with E-state index in [0.29, 0.717) is 18.7 Å². The van der Waals surface area contributed by atoms with Crippen molar-refractivity contribution in [1.29, 1.82) is 0 Å². The molecule has 31 heavy (non-hydrogen) atoms. The molecule has 1 aliphatic rings. The first-order valence-electron chi connectivity index (χ1n) is 9.96. The molecule has 3 aromatic rings. The average Bonchev–Trinajstić information content (AvgIpc) is 3.22. The summed E-state index contributed by atoms with van der Waals surface area (Å²) in [5.74, 6) is -0.316. The van der Waals surface area contributed by atoms with E-state index in [4.69, 9.17) is 0 Å². The van der Waals surface area contributed by atoms with Crippen LogP contribution in [0.2, 0.25) is 0 Å². The number of thiophene rings is 1. The molecule has 1 amide bonds. The Bertz CT molecular complexity index is 1180. The second kappa shape index (κ2) is 8.90. The number of carbonyl (C=O) groups excluding carboxylic acids is 1. The number of sulfone groups is 1. The van der Waals surface area contributed by atoms with Gasteiger partial charge in [-0.05, 0) is 54.1 Å². The zero-order chi connectivity index (χ0) is 22.0. The lowest BCUT2D eigenvalue weighted by Gasteiger charge is -2.34. The van der Waals surface area contributed by atoms with Crippen molar-refractivity contribution in [3.8, 4) is 10.4 Å². The van der Waals surface area contributed by atoms with E-state index in [0.717, 1.165) is 36.3 Å². The van der Waals surface area contributed by atoms with Gasteiger partial charge in [-0.15, -0.1) is 11.3 Å². The van der Waals surface area contributed by atoms with Crippen LogP contribution in [0, 0.1) is 5.82 Å². The summed E-state index contributed by atoms with van der Waals surface area (Å²) < 4.78 is 36.6.